The molecule has 6 nitrogen and oxygen atoms in total. The van der Waals surface area contributed by atoms with Crippen LogP contribution in [0.25, 0.3) is 0 Å². The van der Waals surface area contributed by atoms with Gasteiger partial charge in [-0.25, -0.2) is 0 Å². The Labute approximate surface area is 182 Å². The first-order valence-electron chi connectivity index (χ1n) is 11.3. The molecule has 1 rings (SSSR count). The molecule has 0 aliphatic rings. The maximum absolute atomic E-state index is 11.5. The summed E-state index contributed by atoms with van der Waals surface area (Å²) in [6, 6.07) is 8.49. The first kappa shape index (κ1) is 26.4. The Morgan fingerprint density at radius 1 is 0.833 bits per heavy atom. The lowest BCUT2D eigenvalue weighted by molar-refractivity contribution is -0.122. The van der Waals surface area contributed by atoms with E-state index in [0.29, 0.717) is 64.5 Å². The number of ketones is 1. The molecule has 0 amide bonds. The van der Waals surface area contributed by atoms with Crippen molar-refractivity contribution in [3.63, 3.8) is 0 Å². The van der Waals surface area contributed by atoms with Crippen molar-refractivity contribution in [1.29, 1.82) is 0 Å². The van der Waals surface area contributed by atoms with Crippen molar-refractivity contribution in [2.75, 3.05) is 51.6 Å². The third kappa shape index (κ3) is 13.6. The van der Waals surface area contributed by atoms with Crippen molar-refractivity contribution < 1.29 is 23.7 Å². The Bertz CT molecular complexity index is 547. The van der Waals surface area contributed by atoms with Gasteiger partial charge < -0.3 is 24.3 Å². The van der Waals surface area contributed by atoms with E-state index in [9.17, 15) is 4.79 Å². The molecule has 0 aromatic heterocycles. The second-order valence-electron chi connectivity index (χ2n) is 7.73. The molecular formula is C24H41NO5. The van der Waals surface area contributed by atoms with Gasteiger partial charge in [0, 0.05) is 37.3 Å². The van der Waals surface area contributed by atoms with Crippen molar-refractivity contribution in [3.05, 3.63) is 24.3 Å². The van der Waals surface area contributed by atoms with Crippen LogP contribution in [-0.2, 0) is 19.0 Å². The minimum Gasteiger partial charge on any atom is -0.494 e. The molecule has 1 atom stereocenters. The Morgan fingerprint density at radius 2 is 1.40 bits per heavy atom. The lowest BCUT2D eigenvalue weighted by Gasteiger charge is -2.11. The highest BCUT2D eigenvalue weighted by atomic mass is 16.5. The molecule has 172 valence electrons. The summed E-state index contributed by atoms with van der Waals surface area (Å²) in [7, 11) is 0. The molecule has 0 spiro atoms. The molecule has 0 bridgehead atoms. The number of hydrogen-bond donors (Lipinski definition) is 1. The van der Waals surface area contributed by atoms with Crippen LogP contribution in [0.1, 0.15) is 53.4 Å². The summed E-state index contributed by atoms with van der Waals surface area (Å²) in [6.45, 7) is 12.4. The standard InChI is InChI=1S/C24H41NO5/c1-5-24(26)21(4)12-15-28-17-19-29-18-16-27-13-6-7-14-30-23-10-8-22(9-11-23)25-20(2)3/h8-11,20-21,25H,5-7,12-19H2,1-4H3. The van der Waals surface area contributed by atoms with E-state index in [-0.39, 0.29) is 5.92 Å². The van der Waals surface area contributed by atoms with E-state index in [4.69, 9.17) is 18.9 Å². The highest BCUT2D eigenvalue weighted by molar-refractivity contribution is 5.80. The topological polar surface area (TPSA) is 66.0 Å². The molecule has 6 heteroatoms. The Morgan fingerprint density at radius 3 is 2.00 bits per heavy atom. The van der Waals surface area contributed by atoms with Crippen LogP contribution in [0, 0.1) is 5.92 Å². The van der Waals surface area contributed by atoms with E-state index < -0.39 is 0 Å². The number of carbonyl (C=O) groups is 1. The maximum atomic E-state index is 11.5. The highest BCUT2D eigenvalue weighted by Gasteiger charge is 2.09. The molecule has 0 saturated carbocycles. The van der Waals surface area contributed by atoms with Gasteiger partial charge in [0.2, 0.25) is 0 Å². The zero-order valence-electron chi connectivity index (χ0n) is 19.3. The van der Waals surface area contributed by atoms with Gasteiger partial charge in [0.15, 0.2) is 0 Å². The molecule has 0 heterocycles. The fraction of sp³-hybridized carbons (Fsp3) is 0.708. The molecule has 1 N–H and O–H groups in total. The number of hydrogen-bond acceptors (Lipinski definition) is 6. The van der Waals surface area contributed by atoms with E-state index in [0.717, 1.165) is 30.7 Å². The van der Waals surface area contributed by atoms with Crippen LogP contribution in [0.4, 0.5) is 5.69 Å². The first-order valence-corrected chi connectivity index (χ1v) is 11.3. The quantitative estimate of drug-likeness (QED) is 0.325. The monoisotopic (exact) mass is 423 g/mol. The Balaban J connectivity index is 1.85. The van der Waals surface area contributed by atoms with Gasteiger partial charge in [-0.2, -0.15) is 0 Å². The second-order valence-corrected chi connectivity index (χ2v) is 7.73. The molecule has 1 aromatic rings. The second kappa shape index (κ2) is 17.1. The Hall–Kier alpha value is -1.63. The molecule has 0 fully saturated rings. The summed E-state index contributed by atoms with van der Waals surface area (Å²) in [5, 5.41) is 3.36. The summed E-state index contributed by atoms with van der Waals surface area (Å²) in [5.74, 6) is 1.28. The third-order valence-corrected chi connectivity index (χ3v) is 4.60. The summed E-state index contributed by atoms with van der Waals surface area (Å²) in [4.78, 5) is 11.5. The average Bonchev–Trinajstić information content (AvgIpc) is 2.73. The predicted octanol–water partition coefficient (Wildman–Crippen LogP) is 4.72. The van der Waals surface area contributed by atoms with Crippen molar-refractivity contribution in [1.82, 2.24) is 0 Å². The molecule has 0 aliphatic heterocycles. The highest BCUT2D eigenvalue weighted by Crippen LogP contribution is 2.16. The van der Waals surface area contributed by atoms with Gasteiger partial charge in [-0.1, -0.05) is 13.8 Å². The first-order chi connectivity index (χ1) is 14.5. The fourth-order valence-electron chi connectivity index (χ4n) is 2.79. The van der Waals surface area contributed by atoms with Gasteiger partial charge in [-0.3, -0.25) is 4.79 Å². The van der Waals surface area contributed by atoms with Gasteiger partial charge in [0.1, 0.15) is 11.5 Å². The molecule has 30 heavy (non-hydrogen) atoms. The lowest BCUT2D eigenvalue weighted by Crippen LogP contribution is -2.14. The van der Waals surface area contributed by atoms with Crippen LogP contribution in [0.15, 0.2) is 24.3 Å². The minimum absolute atomic E-state index is 0.0854. The van der Waals surface area contributed by atoms with Crippen molar-refractivity contribution in [2.24, 2.45) is 5.92 Å². The third-order valence-electron chi connectivity index (χ3n) is 4.60. The minimum atomic E-state index is 0.0854. The molecule has 0 radical (unpaired) electrons. The number of carbonyl (C=O) groups excluding carboxylic acids is 1. The van der Waals surface area contributed by atoms with Crippen LogP contribution in [0.2, 0.25) is 0 Å². The average molecular weight is 424 g/mol. The van der Waals surface area contributed by atoms with E-state index in [2.05, 4.69) is 19.2 Å². The van der Waals surface area contributed by atoms with Crippen LogP contribution in [0.5, 0.6) is 5.75 Å². The summed E-state index contributed by atoms with van der Waals surface area (Å²) in [6.07, 6.45) is 3.30. The van der Waals surface area contributed by atoms with Crippen molar-refractivity contribution in [3.8, 4) is 5.75 Å². The summed E-state index contributed by atoms with van der Waals surface area (Å²) < 4.78 is 22.3. The van der Waals surface area contributed by atoms with E-state index in [1.54, 1.807) is 0 Å². The van der Waals surface area contributed by atoms with E-state index >= 15 is 0 Å². The van der Waals surface area contributed by atoms with Crippen molar-refractivity contribution >= 4 is 11.5 Å². The smallest absolute Gasteiger partial charge is 0.135 e. The van der Waals surface area contributed by atoms with Crippen LogP contribution in [-0.4, -0.2) is 58.1 Å². The number of unbranched alkanes of at least 4 members (excludes halogenated alkanes) is 1. The zero-order chi connectivity index (χ0) is 22.0. The van der Waals surface area contributed by atoms with Gasteiger partial charge in [-0.05, 0) is 57.4 Å². The van der Waals surface area contributed by atoms with Gasteiger partial charge in [-0.15, -0.1) is 0 Å². The van der Waals surface area contributed by atoms with Gasteiger partial charge in [0.05, 0.1) is 33.0 Å². The number of nitrogens with one attached hydrogen (secondary N) is 1. The normalized spacial score (nSPS) is 12.2. The van der Waals surface area contributed by atoms with Crippen LogP contribution in [0.3, 0.4) is 0 Å². The number of ether oxygens (including phenoxy) is 4. The number of rotatable bonds is 19. The largest absolute Gasteiger partial charge is 0.494 e. The Kier molecular flexibility index (Phi) is 15.0. The zero-order valence-corrected chi connectivity index (χ0v) is 19.3. The van der Waals surface area contributed by atoms with Crippen LogP contribution < -0.4 is 10.1 Å². The molecule has 1 unspecified atom stereocenters. The maximum Gasteiger partial charge on any atom is 0.135 e. The van der Waals surface area contributed by atoms with Crippen LogP contribution >= 0.6 is 0 Å². The summed E-state index contributed by atoms with van der Waals surface area (Å²) >= 11 is 0. The van der Waals surface area contributed by atoms with E-state index in [1.165, 1.54) is 0 Å². The van der Waals surface area contributed by atoms with Gasteiger partial charge >= 0.3 is 0 Å². The van der Waals surface area contributed by atoms with Gasteiger partial charge in [0.25, 0.3) is 0 Å². The number of anilines is 1. The SMILES string of the molecule is CCC(=O)C(C)CCOCCOCCOCCCCOc1ccc(NC(C)C)cc1. The predicted molar refractivity (Wildman–Crippen MR) is 121 cm³/mol. The van der Waals surface area contributed by atoms with E-state index in [1.807, 2.05) is 38.1 Å². The molecular weight excluding hydrogens is 382 g/mol. The molecule has 0 saturated heterocycles. The molecule has 0 aliphatic carbocycles. The number of benzene rings is 1. The summed E-state index contributed by atoms with van der Waals surface area (Å²) in [5.41, 5.74) is 1.11. The fourth-order valence-corrected chi connectivity index (χ4v) is 2.79. The lowest BCUT2D eigenvalue weighted by atomic mass is 10.0. The number of Topliss-reactive ketones (excluding diaryl/α,β-unsaturated/α-hetero) is 1. The van der Waals surface area contributed by atoms with Crippen molar-refractivity contribution in [2.45, 2.75) is 59.4 Å². The molecule has 1 aromatic carbocycles.